The van der Waals surface area contributed by atoms with Crippen LogP contribution in [-0.4, -0.2) is 29.1 Å². The van der Waals surface area contributed by atoms with E-state index in [-0.39, 0.29) is 17.9 Å². The predicted octanol–water partition coefficient (Wildman–Crippen LogP) is 3.26. The van der Waals surface area contributed by atoms with Gasteiger partial charge in [-0.15, -0.1) is 11.3 Å². The number of rotatable bonds is 8. The third-order valence-electron chi connectivity index (χ3n) is 3.72. The van der Waals surface area contributed by atoms with Crippen LogP contribution in [0.5, 0.6) is 0 Å². The van der Waals surface area contributed by atoms with E-state index in [0.717, 1.165) is 24.3 Å². The van der Waals surface area contributed by atoms with Crippen molar-refractivity contribution in [2.24, 2.45) is 5.41 Å². The summed E-state index contributed by atoms with van der Waals surface area (Å²) in [5.74, 6) is -0.0661. The van der Waals surface area contributed by atoms with Crippen LogP contribution in [0.3, 0.4) is 0 Å². The van der Waals surface area contributed by atoms with Crippen LogP contribution in [0, 0.1) is 5.41 Å². The highest BCUT2D eigenvalue weighted by atomic mass is 32.1. The number of amides is 1. The number of nitrogens with zero attached hydrogens (tertiary/aromatic N) is 1. The Labute approximate surface area is 141 Å². The van der Waals surface area contributed by atoms with Crippen molar-refractivity contribution in [3.63, 3.8) is 0 Å². The third kappa shape index (κ3) is 5.77. The molecule has 23 heavy (non-hydrogen) atoms. The zero-order valence-electron chi connectivity index (χ0n) is 13.7. The molecule has 0 aliphatic heterocycles. The minimum Gasteiger partial charge on any atom is -0.396 e. The predicted molar refractivity (Wildman–Crippen MR) is 93.8 cm³/mol. The number of carbonyl (C=O) groups excluding carboxylic acids is 1. The third-order valence-corrected chi connectivity index (χ3v) is 4.72. The van der Waals surface area contributed by atoms with Gasteiger partial charge in [0.15, 0.2) is 0 Å². The van der Waals surface area contributed by atoms with Crippen LogP contribution in [0.4, 0.5) is 0 Å². The molecular formula is C18H24N2O2S. The van der Waals surface area contributed by atoms with Crippen molar-refractivity contribution in [2.45, 2.75) is 33.1 Å². The Morgan fingerprint density at radius 1 is 1.30 bits per heavy atom. The van der Waals surface area contributed by atoms with Crippen molar-refractivity contribution in [1.82, 2.24) is 10.3 Å². The van der Waals surface area contributed by atoms with E-state index in [1.165, 1.54) is 16.9 Å². The first-order valence-corrected chi connectivity index (χ1v) is 8.69. The highest BCUT2D eigenvalue weighted by Crippen LogP contribution is 2.20. The lowest BCUT2D eigenvalue weighted by molar-refractivity contribution is 0.0952. The lowest BCUT2D eigenvalue weighted by Gasteiger charge is -2.21. The molecule has 2 rings (SSSR count). The van der Waals surface area contributed by atoms with Gasteiger partial charge in [-0.2, -0.15) is 0 Å². The van der Waals surface area contributed by atoms with E-state index in [9.17, 15) is 9.90 Å². The van der Waals surface area contributed by atoms with E-state index >= 15 is 0 Å². The first kappa shape index (κ1) is 17.6. The van der Waals surface area contributed by atoms with Crippen molar-refractivity contribution >= 4 is 17.2 Å². The smallest absolute Gasteiger partial charge is 0.263 e. The number of aliphatic hydroxyl groups excluding tert-OH is 1. The van der Waals surface area contributed by atoms with Gasteiger partial charge in [0, 0.05) is 19.6 Å². The second kappa shape index (κ2) is 8.22. The normalized spacial score (nSPS) is 11.4. The van der Waals surface area contributed by atoms with Gasteiger partial charge in [-0.3, -0.25) is 4.79 Å². The second-order valence-corrected chi connectivity index (χ2v) is 7.58. The summed E-state index contributed by atoms with van der Waals surface area (Å²) in [7, 11) is 0. The molecule has 0 atom stereocenters. The number of hydrogen-bond acceptors (Lipinski definition) is 4. The van der Waals surface area contributed by atoms with Gasteiger partial charge in [0.05, 0.1) is 11.2 Å². The van der Waals surface area contributed by atoms with E-state index in [1.807, 2.05) is 32.0 Å². The summed E-state index contributed by atoms with van der Waals surface area (Å²) in [4.78, 5) is 17.1. The van der Waals surface area contributed by atoms with E-state index in [1.54, 1.807) is 6.20 Å². The van der Waals surface area contributed by atoms with Gasteiger partial charge in [0.25, 0.3) is 5.91 Å². The fourth-order valence-corrected chi connectivity index (χ4v) is 3.07. The molecule has 2 N–H and O–H groups in total. The minimum atomic E-state index is -0.0852. The van der Waals surface area contributed by atoms with Gasteiger partial charge >= 0.3 is 0 Å². The van der Waals surface area contributed by atoms with Gasteiger partial charge in [-0.05, 0) is 23.8 Å². The molecule has 5 heteroatoms. The van der Waals surface area contributed by atoms with Gasteiger partial charge in [-0.25, -0.2) is 4.98 Å². The summed E-state index contributed by atoms with van der Waals surface area (Å²) >= 11 is 1.44. The number of aromatic nitrogens is 1. The van der Waals surface area contributed by atoms with Gasteiger partial charge in [-0.1, -0.05) is 44.2 Å². The van der Waals surface area contributed by atoms with Gasteiger partial charge < -0.3 is 10.4 Å². The molecule has 4 nitrogen and oxygen atoms in total. The summed E-state index contributed by atoms with van der Waals surface area (Å²) in [6.07, 6.45) is 4.14. The molecular weight excluding hydrogens is 308 g/mol. The van der Waals surface area contributed by atoms with E-state index in [0.29, 0.717) is 11.4 Å². The van der Waals surface area contributed by atoms with E-state index < -0.39 is 0 Å². The number of carbonyl (C=O) groups is 1. The maximum atomic E-state index is 12.1. The van der Waals surface area contributed by atoms with Crippen LogP contribution < -0.4 is 5.32 Å². The molecule has 1 aromatic carbocycles. The number of hydrogen-bond donors (Lipinski definition) is 2. The number of nitrogens with one attached hydrogen (secondary N) is 1. The Kier molecular flexibility index (Phi) is 6.30. The van der Waals surface area contributed by atoms with Crippen LogP contribution >= 0.6 is 11.3 Å². The maximum Gasteiger partial charge on any atom is 0.263 e. The topological polar surface area (TPSA) is 62.2 Å². The average molecular weight is 332 g/mol. The molecule has 1 heterocycles. The van der Waals surface area contributed by atoms with Crippen LogP contribution in [-0.2, 0) is 6.42 Å². The van der Waals surface area contributed by atoms with E-state index in [4.69, 9.17) is 0 Å². The first-order valence-electron chi connectivity index (χ1n) is 7.88. The Morgan fingerprint density at radius 2 is 2.04 bits per heavy atom. The number of benzene rings is 1. The molecule has 0 saturated heterocycles. The van der Waals surface area contributed by atoms with Crippen molar-refractivity contribution in [1.29, 1.82) is 0 Å². The maximum absolute atomic E-state index is 12.1. The Balaban J connectivity index is 1.80. The van der Waals surface area contributed by atoms with Crippen LogP contribution in [0.15, 0.2) is 36.5 Å². The van der Waals surface area contributed by atoms with Crippen molar-refractivity contribution in [3.05, 3.63) is 52.0 Å². The summed E-state index contributed by atoms with van der Waals surface area (Å²) in [6, 6.07) is 10.1. The van der Waals surface area contributed by atoms with Crippen LogP contribution in [0.2, 0.25) is 0 Å². The summed E-state index contributed by atoms with van der Waals surface area (Å²) in [5, 5.41) is 13.1. The second-order valence-electron chi connectivity index (χ2n) is 6.46. The largest absolute Gasteiger partial charge is 0.396 e. The first-order chi connectivity index (χ1) is 11.0. The van der Waals surface area contributed by atoms with Crippen molar-refractivity contribution in [3.8, 4) is 0 Å². The molecule has 0 bridgehead atoms. The minimum absolute atomic E-state index is 0.0661. The fraction of sp³-hybridized carbons (Fsp3) is 0.444. The summed E-state index contributed by atoms with van der Waals surface area (Å²) in [5.41, 5.74) is 1.11. The number of thiazole rings is 1. The molecule has 0 aliphatic rings. The molecule has 0 radical (unpaired) electrons. The highest BCUT2D eigenvalue weighted by Gasteiger charge is 2.16. The molecule has 2 aromatic rings. The van der Waals surface area contributed by atoms with Crippen LogP contribution in [0.1, 0.15) is 46.9 Å². The van der Waals surface area contributed by atoms with Crippen molar-refractivity contribution in [2.75, 3.05) is 13.2 Å². The van der Waals surface area contributed by atoms with Crippen LogP contribution in [0.25, 0.3) is 0 Å². The molecule has 0 fully saturated rings. The monoisotopic (exact) mass is 332 g/mol. The zero-order chi connectivity index (χ0) is 16.7. The lowest BCUT2D eigenvalue weighted by atomic mass is 9.89. The summed E-state index contributed by atoms with van der Waals surface area (Å²) in [6.45, 7) is 4.83. The standard InChI is InChI=1S/C18H24N2O2S/c1-18(2,13-21)9-6-10-19-17(22)15-12-20-16(23-15)11-14-7-4-3-5-8-14/h3-5,7-8,12,21H,6,9-11,13H2,1-2H3,(H,19,22). The summed E-state index contributed by atoms with van der Waals surface area (Å²) < 4.78 is 0. The molecule has 124 valence electrons. The highest BCUT2D eigenvalue weighted by molar-refractivity contribution is 7.13. The molecule has 0 saturated carbocycles. The molecule has 1 amide bonds. The quantitative estimate of drug-likeness (QED) is 0.729. The van der Waals surface area contributed by atoms with Crippen molar-refractivity contribution < 1.29 is 9.90 Å². The zero-order valence-corrected chi connectivity index (χ0v) is 14.5. The Bertz CT molecular complexity index is 623. The Morgan fingerprint density at radius 3 is 2.74 bits per heavy atom. The lowest BCUT2D eigenvalue weighted by Crippen LogP contribution is -2.25. The molecule has 0 unspecified atom stereocenters. The number of aliphatic hydroxyl groups is 1. The Hall–Kier alpha value is -1.72. The van der Waals surface area contributed by atoms with E-state index in [2.05, 4.69) is 22.4 Å². The van der Waals surface area contributed by atoms with Gasteiger partial charge in [0.1, 0.15) is 4.88 Å². The fourth-order valence-electron chi connectivity index (χ4n) is 2.20. The SMILES string of the molecule is CC(C)(CO)CCCNC(=O)c1cnc(Cc2ccccc2)s1. The molecule has 1 aromatic heterocycles. The molecule has 0 spiro atoms. The molecule has 0 aliphatic carbocycles. The average Bonchev–Trinajstić information content (AvgIpc) is 3.01. The van der Waals surface area contributed by atoms with Gasteiger partial charge in [0.2, 0.25) is 0 Å².